The third-order valence-electron chi connectivity index (χ3n) is 8.88. The Morgan fingerprint density at radius 1 is 0.894 bits per heavy atom. The first kappa shape index (κ1) is 37.4. The molecule has 4 amide bonds. The van der Waals surface area contributed by atoms with Gasteiger partial charge < -0.3 is 31.9 Å². The maximum Gasteiger partial charge on any atom is 0.245 e. The Morgan fingerprint density at radius 3 is 2.11 bits per heavy atom. The average molecular weight is 648 g/mol. The van der Waals surface area contributed by atoms with Gasteiger partial charge in [-0.2, -0.15) is 0 Å². The van der Waals surface area contributed by atoms with E-state index in [4.69, 9.17) is 5.73 Å². The van der Waals surface area contributed by atoms with Gasteiger partial charge >= 0.3 is 0 Å². The monoisotopic (exact) mass is 647 g/mol. The van der Waals surface area contributed by atoms with Gasteiger partial charge in [-0.1, -0.05) is 80.9 Å². The molecule has 47 heavy (non-hydrogen) atoms. The molecule has 1 heterocycles. The Bertz CT molecular complexity index is 1290. The van der Waals surface area contributed by atoms with E-state index in [1.165, 1.54) is 4.90 Å². The van der Waals surface area contributed by atoms with Crippen LogP contribution in [0.2, 0.25) is 0 Å². The van der Waals surface area contributed by atoms with Crippen LogP contribution in [0.1, 0.15) is 63.5 Å². The molecule has 0 saturated carbocycles. The first-order chi connectivity index (χ1) is 22.7. The Morgan fingerprint density at radius 2 is 1.53 bits per heavy atom. The van der Waals surface area contributed by atoms with Crippen molar-refractivity contribution in [1.29, 1.82) is 0 Å². The minimum atomic E-state index is -0.911. The maximum atomic E-state index is 14.0. The van der Waals surface area contributed by atoms with Crippen LogP contribution >= 0.6 is 0 Å². The fourth-order valence-electron chi connectivity index (χ4n) is 5.89. The van der Waals surface area contributed by atoms with E-state index < -0.39 is 42.0 Å². The molecule has 1 fully saturated rings. The SMILES string of the molecule is CC[C@H](C)[C@H](NC(=O)[C@@H]1CCCN1C(=O)[C@H](CCCCN)NC(=O)[C@H](Cc1ccccc1)NC)C(=O)N[C@H]([C]=O)Cc1ccccc1. The van der Waals surface area contributed by atoms with Crippen LogP contribution in [0.5, 0.6) is 0 Å². The van der Waals surface area contributed by atoms with Crippen molar-refractivity contribution < 1.29 is 24.0 Å². The van der Waals surface area contributed by atoms with E-state index in [1.54, 1.807) is 7.05 Å². The van der Waals surface area contributed by atoms with Gasteiger partial charge in [0, 0.05) is 13.0 Å². The Balaban J connectivity index is 1.71. The standard InChI is InChI=1S/C36H51N6O5/c1-4-25(2)32(35(46)39-28(24-43)22-26-14-7-5-8-15-26)41-34(45)31-19-13-21-42(31)36(47)29(18-11-12-20-37)40-33(44)30(38-3)23-27-16-9-6-10-17-27/h5-10,14-17,25,28-32,38H,4,11-13,18-23,37H2,1-3H3,(H,39,46)(H,40,44)(H,41,45)/t25-,28-,29-,30-,31-,32-/m0/s1. The summed E-state index contributed by atoms with van der Waals surface area (Å²) in [6, 6.07) is 15.0. The number of rotatable bonds is 19. The number of carbonyl (C=O) groups excluding carboxylic acids is 5. The molecule has 6 N–H and O–H groups in total. The van der Waals surface area contributed by atoms with Crippen LogP contribution in [0.25, 0.3) is 0 Å². The zero-order valence-electron chi connectivity index (χ0n) is 27.9. The minimum absolute atomic E-state index is 0.236. The van der Waals surface area contributed by atoms with Gasteiger partial charge in [0.05, 0.1) is 12.1 Å². The second-order valence-electron chi connectivity index (χ2n) is 12.3. The summed E-state index contributed by atoms with van der Waals surface area (Å²) in [5.74, 6) is -1.77. The molecule has 0 bridgehead atoms. The molecule has 2 aromatic rings. The van der Waals surface area contributed by atoms with Crippen LogP contribution in [-0.4, -0.2) is 85.2 Å². The lowest BCUT2D eigenvalue weighted by atomic mass is 9.97. The second kappa shape index (κ2) is 19.5. The van der Waals surface area contributed by atoms with Crippen molar-refractivity contribution >= 4 is 29.9 Å². The molecular formula is C36H51N6O5. The van der Waals surface area contributed by atoms with Crippen molar-refractivity contribution in [3.63, 3.8) is 0 Å². The summed E-state index contributed by atoms with van der Waals surface area (Å²) in [6.45, 7) is 4.60. The number of likely N-dealkylation sites (tertiary alicyclic amines) is 1. The summed E-state index contributed by atoms with van der Waals surface area (Å²) in [7, 11) is 1.71. The number of hydrogen-bond acceptors (Lipinski definition) is 7. The van der Waals surface area contributed by atoms with Gasteiger partial charge in [-0.3, -0.25) is 24.0 Å². The molecule has 6 atom stereocenters. The summed E-state index contributed by atoms with van der Waals surface area (Å²) in [4.78, 5) is 67.8. The molecule has 0 aromatic heterocycles. The largest absolute Gasteiger partial charge is 0.344 e. The molecule has 0 aliphatic carbocycles. The molecule has 11 nitrogen and oxygen atoms in total. The van der Waals surface area contributed by atoms with E-state index in [0.717, 1.165) is 11.1 Å². The first-order valence-electron chi connectivity index (χ1n) is 16.8. The number of amides is 4. The predicted octanol–water partition coefficient (Wildman–Crippen LogP) is 1.79. The number of likely N-dealkylation sites (N-methyl/N-ethyl adjacent to an activating group) is 1. The molecule has 0 unspecified atom stereocenters. The van der Waals surface area contributed by atoms with Crippen molar-refractivity contribution in [2.45, 2.75) is 95.4 Å². The Kier molecular flexibility index (Phi) is 15.5. The molecule has 3 rings (SSSR count). The highest BCUT2D eigenvalue weighted by molar-refractivity contribution is 5.95. The van der Waals surface area contributed by atoms with Gasteiger partial charge in [0.2, 0.25) is 29.9 Å². The van der Waals surface area contributed by atoms with Gasteiger partial charge in [0.15, 0.2) is 0 Å². The highest BCUT2D eigenvalue weighted by atomic mass is 16.2. The maximum absolute atomic E-state index is 14.0. The number of unbranched alkanes of at least 4 members (excludes halogenated alkanes) is 1. The average Bonchev–Trinajstić information content (AvgIpc) is 3.59. The molecule has 11 heteroatoms. The number of carbonyl (C=O) groups is 4. The number of benzene rings is 2. The van der Waals surface area contributed by atoms with Crippen LogP contribution in [0.4, 0.5) is 0 Å². The van der Waals surface area contributed by atoms with Crippen molar-refractivity contribution in [1.82, 2.24) is 26.2 Å². The highest BCUT2D eigenvalue weighted by Gasteiger charge is 2.40. The fourth-order valence-corrected chi connectivity index (χ4v) is 5.89. The molecular weight excluding hydrogens is 596 g/mol. The molecule has 1 radical (unpaired) electrons. The van der Waals surface area contributed by atoms with E-state index in [-0.39, 0.29) is 24.2 Å². The van der Waals surface area contributed by atoms with Crippen LogP contribution in [0, 0.1) is 5.92 Å². The lowest BCUT2D eigenvalue weighted by molar-refractivity contribution is -0.142. The molecule has 1 aliphatic heterocycles. The Hall–Kier alpha value is -4.09. The third-order valence-corrected chi connectivity index (χ3v) is 8.88. The van der Waals surface area contributed by atoms with Gasteiger partial charge in [-0.15, -0.1) is 0 Å². The van der Waals surface area contributed by atoms with Gasteiger partial charge in [0.1, 0.15) is 18.1 Å². The molecule has 1 aliphatic rings. The molecule has 0 spiro atoms. The normalized spacial score (nSPS) is 17.5. The third kappa shape index (κ3) is 11.3. The van der Waals surface area contributed by atoms with Gasteiger partial charge in [0.25, 0.3) is 0 Å². The van der Waals surface area contributed by atoms with Crippen molar-refractivity contribution in [2.75, 3.05) is 20.1 Å². The summed E-state index contributed by atoms with van der Waals surface area (Å²) in [5, 5.41) is 11.6. The van der Waals surface area contributed by atoms with Crippen molar-refractivity contribution in [2.24, 2.45) is 11.7 Å². The number of nitrogens with one attached hydrogen (secondary N) is 4. The molecule has 1 saturated heterocycles. The van der Waals surface area contributed by atoms with E-state index in [1.807, 2.05) is 80.8 Å². The summed E-state index contributed by atoms with van der Waals surface area (Å²) >= 11 is 0. The fraction of sp³-hybridized carbons (Fsp3) is 0.528. The van der Waals surface area contributed by atoms with Gasteiger partial charge in [-0.05, 0) is 69.2 Å². The van der Waals surface area contributed by atoms with Crippen LogP contribution in [-0.2, 0) is 36.8 Å². The van der Waals surface area contributed by atoms with E-state index in [2.05, 4.69) is 21.3 Å². The number of nitrogens with two attached hydrogens (primary N) is 1. The smallest absolute Gasteiger partial charge is 0.245 e. The zero-order valence-corrected chi connectivity index (χ0v) is 27.9. The topological polar surface area (TPSA) is 163 Å². The highest BCUT2D eigenvalue weighted by Crippen LogP contribution is 2.21. The lowest BCUT2D eigenvalue weighted by Crippen LogP contribution is -2.59. The first-order valence-corrected chi connectivity index (χ1v) is 16.8. The lowest BCUT2D eigenvalue weighted by Gasteiger charge is -2.31. The van der Waals surface area contributed by atoms with Crippen molar-refractivity contribution in [3.8, 4) is 0 Å². The van der Waals surface area contributed by atoms with Gasteiger partial charge in [-0.25, -0.2) is 0 Å². The summed E-state index contributed by atoms with van der Waals surface area (Å²) in [6.07, 6.45) is 5.99. The van der Waals surface area contributed by atoms with Crippen LogP contribution in [0.15, 0.2) is 60.7 Å². The quantitative estimate of drug-likeness (QED) is 0.145. The number of hydrogen-bond donors (Lipinski definition) is 5. The summed E-state index contributed by atoms with van der Waals surface area (Å²) in [5.41, 5.74) is 7.58. The molecule has 2 aromatic carbocycles. The van der Waals surface area contributed by atoms with E-state index >= 15 is 0 Å². The Labute approximate surface area is 278 Å². The van der Waals surface area contributed by atoms with E-state index in [9.17, 15) is 24.0 Å². The number of nitrogens with zero attached hydrogens (tertiary/aromatic N) is 1. The van der Waals surface area contributed by atoms with Crippen LogP contribution in [0.3, 0.4) is 0 Å². The zero-order chi connectivity index (χ0) is 34.2. The second-order valence-corrected chi connectivity index (χ2v) is 12.3. The molecule has 255 valence electrons. The summed E-state index contributed by atoms with van der Waals surface area (Å²) < 4.78 is 0. The van der Waals surface area contributed by atoms with Crippen molar-refractivity contribution in [3.05, 3.63) is 71.8 Å². The minimum Gasteiger partial charge on any atom is -0.344 e. The predicted molar refractivity (Wildman–Crippen MR) is 182 cm³/mol. The van der Waals surface area contributed by atoms with Crippen LogP contribution < -0.4 is 27.0 Å². The van der Waals surface area contributed by atoms with E-state index in [0.29, 0.717) is 58.0 Å².